The number of thiocarbonyl (C=S) groups is 1. The summed E-state index contributed by atoms with van der Waals surface area (Å²) in [7, 11) is 1.73. The van der Waals surface area contributed by atoms with Crippen molar-refractivity contribution in [3.63, 3.8) is 0 Å². The third kappa shape index (κ3) is 1.00. The van der Waals surface area contributed by atoms with E-state index in [0.717, 1.165) is 4.20 Å². The van der Waals surface area contributed by atoms with Crippen LogP contribution in [0.25, 0.3) is 0 Å². The van der Waals surface area contributed by atoms with E-state index in [4.69, 9.17) is 12.2 Å². The average Bonchev–Trinajstić information content (AvgIpc) is 1.85. The third-order valence-electron chi connectivity index (χ3n) is 0.886. The second-order valence-electron chi connectivity index (χ2n) is 1.53. The van der Waals surface area contributed by atoms with Crippen molar-refractivity contribution in [3.05, 3.63) is 0 Å². The molecule has 0 saturated carbocycles. The third-order valence-corrected chi connectivity index (χ3v) is 2.08. The van der Waals surface area contributed by atoms with Crippen LogP contribution in [-0.2, 0) is 4.79 Å². The molecule has 1 aliphatic heterocycles. The van der Waals surface area contributed by atoms with E-state index in [9.17, 15) is 4.79 Å². The first-order valence-electron chi connectivity index (χ1n) is 2.17. The van der Waals surface area contributed by atoms with Crippen molar-refractivity contribution in [1.82, 2.24) is 4.31 Å². The minimum atomic E-state index is 0.111. The Morgan fingerprint density at radius 3 is 2.62 bits per heavy atom. The van der Waals surface area contributed by atoms with Crippen LogP contribution in [0, 0.1) is 0 Å². The van der Waals surface area contributed by atoms with E-state index >= 15 is 0 Å². The summed E-state index contributed by atoms with van der Waals surface area (Å²) in [6, 6.07) is 0. The molecule has 1 rings (SSSR count). The molecule has 8 heavy (non-hydrogen) atoms. The Labute approximate surface area is 57.4 Å². The fraction of sp³-hybridized carbons (Fsp3) is 0.500. The Hall–Kier alpha value is -0.0900. The van der Waals surface area contributed by atoms with Gasteiger partial charge in [0.2, 0.25) is 5.91 Å². The van der Waals surface area contributed by atoms with E-state index in [2.05, 4.69) is 0 Å². The smallest absolute Gasteiger partial charge is 0.238 e. The highest BCUT2D eigenvalue weighted by Crippen LogP contribution is 2.21. The van der Waals surface area contributed by atoms with Crippen LogP contribution >= 0.6 is 24.2 Å². The van der Waals surface area contributed by atoms with Crippen molar-refractivity contribution >= 4 is 34.3 Å². The highest BCUT2D eigenvalue weighted by atomic mass is 32.2. The zero-order valence-electron chi connectivity index (χ0n) is 4.38. The number of nitrogens with zero attached hydrogens (tertiary/aromatic N) is 1. The molecule has 0 atom stereocenters. The molecule has 0 bridgehead atoms. The molecule has 1 fully saturated rings. The lowest BCUT2D eigenvalue weighted by molar-refractivity contribution is -0.123. The lowest BCUT2D eigenvalue weighted by atomic mass is 10.5. The van der Waals surface area contributed by atoms with Crippen LogP contribution in [0.15, 0.2) is 0 Å². The summed E-state index contributed by atoms with van der Waals surface area (Å²) in [5.41, 5.74) is 0. The monoisotopic (exact) mass is 147 g/mol. The van der Waals surface area contributed by atoms with Gasteiger partial charge in [-0.15, -0.1) is 0 Å². The minimum Gasteiger partial charge on any atom is -0.285 e. The zero-order chi connectivity index (χ0) is 6.15. The summed E-state index contributed by atoms with van der Waals surface area (Å²) in [4.78, 5) is 10.6. The molecule has 0 unspecified atom stereocenters. The Morgan fingerprint density at radius 2 is 2.50 bits per heavy atom. The van der Waals surface area contributed by atoms with Crippen molar-refractivity contribution in [1.29, 1.82) is 0 Å². The second-order valence-corrected chi connectivity index (χ2v) is 3.51. The molecule has 0 N–H and O–H groups in total. The summed E-state index contributed by atoms with van der Waals surface area (Å²) in [5.74, 6) is 0.111. The maximum atomic E-state index is 10.6. The zero-order valence-corrected chi connectivity index (χ0v) is 6.01. The Morgan fingerprint density at radius 1 is 1.88 bits per heavy atom. The van der Waals surface area contributed by atoms with Crippen molar-refractivity contribution in [2.75, 3.05) is 7.05 Å². The topological polar surface area (TPSA) is 20.3 Å². The van der Waals surface area contributed by atoms with Gasteiger partial charge in [0.15, 0.2) is 0 Å². The minimum absolute atomic E-state index is 0.111. The van der Waals surface area contributed by atoms with Crippen LogP contribution < -0.4 is 0 Å². The standard InChI is InChI=1S/C4H5NOS2/c1-5-3(6)2-4(7)8-5/h2H2,1H3. The van der Waals surface area contributed by atoms with Crippen LogP contribution in [0.2, 0.25) is 0 Å². The van der Waals surface area contributed by atoms with Crippen molar-refractivity contribution in [3.8, 4) is 0 Å². The van der Waals surface area contributed by atoms with Crippen molar-refractivity contribution in [2.45, 2.75) is 6.42 Å². The van der Waals surface area contributed by atoms with Crippen LogP contribution in [0.3, 0.4) is 0 Å². The van der Waals surface area contributed by atoms with Crippen molar-refractivity contribution < 1.29 is 4.79 Å². The van der Waals surface area contributed by atoms with E-state index in [-0.39, 0.29) is 5.91 Å². The highest BCUT2D eigenvalue weighted by molar-refractivity contribution is 8.22. The Kier molecular flexibility index (Phi) is 1.53. The van der Waals surface area contributed by atoms with E-state index in [0.29, 0.717) is 6.42 Å². The van der Waals surface area contributed by atoms with E-state index in [1.54, 1.807) is 11.4 Å². The molecular weight excluding hydrogens is 142 g/mol. The number of carbonyl (C=O) groups is 1. The molecule has 1 heterocycles. The summed E-state index contributed by atoms with van der Waals surface area (Å²) < 4.78 is 2.33. The molecule has 2 nitrogen and oxygen atoms in total. The highest BCUT2D eigenvalue weighted by Gasteiger charge is 2.21. The van der Waals surface area contributed by atoms with Gasteiger partial charge in [-0.25, -0.2) is 0 Å². The fourth-order valence-electron chi connectivity index (χ4n) is 0.471. The number of rotatable bonds is 0. The van der Waals surface area contributed by atoms with Crippen LogP contribution in [0.1, 0.15) is 6.42 Å². The van der Waals surface area contributed by atoms with Crippen LogP contribution in [0.4, 0.5) is 0 Å². The predicted octanol–water partition coefficient (Wildman–Crippen LogP) is 0.824. The normalized spacial score (nSPS) is 20.4. The molecule has 1 aliphatic rings. The van der Waals surface area contributed by atoms with Gasteiger partial charge in [-0.05, 0) is 11.9 Å². The van der Waals surface area contributed by atoms with Gasteiger partial charge >= 0.3 is 0 Å². The molecule has 0 aliphatic carbocycles. The molecule has 0 radical (unpaired) electrons. The van der Waals surface area contributed by atoms with Gasteiger partial charge in [-0.1, -0.05) is 12.2 Å². The fourth-order valence-corrected chi connectivity index (χ4v) is 1.59. The SMILES string of the molecule is CN1SC(=S)CC1=O. The largest absolute Gasteiger partial charge is 0.285 e. The first-order chi connectivity index (χ1) is 3.70. The van der Waals surface area contributed by atoms with Gasteiger partial charge in [0.05, 0.1) is 10.6 Å². The molecule has 0 aromatic rings. The quantitative estimate of drug-likeness (QED) is 0.374. The van der Waals surface area contributed by atoms with E-state index in [1.165, 1.54) is 11.9 Å². The second kappa shape index (κ2) is 2.03. The summed E-state index contributed by atoms with van der Waals surface area (Å²) in [6.07, 6.45) is 0.441. The summed E-state index contributed by atoms with van der Waals surface area (Å²) >= 11 is 6.12. The van der Waals surface area contributed by atoms with Crippen LogP contribution in [0.5, 0.6) is 0 Å². The first-order valence-corrected chi connectivity index (χ1v) is 3.35. The molecule has 4 heteroatoms. The van der Waals surface area contributed by atoms with Gasteiger partial charge in [0.1, 0.15) is 0 Å². The summed E-state index contributed by atoms with van der Waals surface area (Å²) in [6.45, 7) is 0. The number of hydrogen-bond acceptors (Lipinski definition) is 3. The first kappa shape index (κ1) is 6.04. The number of hydrogen-bond donors (Lipinski definition) is 0. The van der Waals surface area contributed by atoms with E-state index in [1.807, 2.05) is 0 Å². The molecule has 0 aromatic carbocycles. The molecule has 1 amide bonds. The Bertz CT molecular complexity index is 145. The lowest BCUT2D eigenvalue weighted by Gasteiger charge is -2.00. The maximum Gasteiger partial charge on any atom is 0.238 e. The summed E-state index contributed by atoms with van der Waals surface area (Å²) in [5, 5.41) is 0. The van der Waals surface area contributed by atoms with Gasteiger partial charge in [-0.2, -0.15) is 0 Å². The van der Waals surface area contributed by atoms with Crippen molar-refractivity contribution in [2.24, 2.45) is 0 Å². The lowest BCUT2D eigenvalue weighted by Crippen LogP contribution is -2.10. The van der Waals surface area contributed by atoms with Gasteiger partial charge < -0.3 is 0 Å². The van der Waals surface area contributed by atoms with Gasteiger partial charge in [-0.3, -0.25) is 9.10 Å². The Balaban J connectivity index is 2.64. The predicted molar refractivity (Wildman–Crippen MR) is 37.6 cm³/mol. The average molecular weight is 147 g/mol. The van der Waals surface area contributed by atoms with E-state index < -0.39 is 0 Å². The maximum absolute atomic E-state index is 10.6. The molecule has 0 aromatic heterocycles. The number of amides is 1. The molecule has 44 valence electrons. The van der Waals surface area contributed by atoms with Gasteiger partial charge in [0, 0.05) is 7.05 Å². The molecular formula is C4H5NOS2. The molecule has 0 spiro atoms. The van der Waals surface area contributed by atoms with Crippen LogP contribution in [-0.4, -0.2) is 21.5 Å². The molecule has 1 saturated heterocycles. The number of carbonyl (C=O) groups excluding carboxylic acids is 1. The van der Waals surface area contributed by atoms with Gasteiger partial charge in [0.25, 0.3) is 0 Å².